The van der Waals surface area contributed by atoms with E-state index in [9.17, 15) is 0 Å². The maximum Gasteiger partial charge on any atom is 0.137 e. The summed E-state index contributed by atoms with van der Waals surface area (Å²) in [6, 6.07) is 0.684. The minimum atomic E-state index is 0.684. The molecule has 0 aromatic carbocycles. The molecule has 0 amide bonds. The van der Waals surface area contributed by atoms with Crippen LogP contribution >= 0.6 is 0 Å². The van der Waals surface area contributed by atoms with E-state index in [1.807, 2.05) is 0 Å². The molecule has 2 N–H and O–H groups in total. The van der Waals surface area contributed by atoms with Crippen LogP contribution in [0.15, 0.2) is 6.33 Å². The molecule has 0 aliphatic carbocycles. The number of likely N-dealkylation sites (tertiary alicyclic amines) is 1. The molecule has 5 heteroatoms. The Labute approximate surface area is 90.3 Å². The summed E-state index contributed by atoms with van der Waals surface area (Å²) >= 11 is 0. The minimum Gasteiger partial charge on any atom is -0.313 e. The number of hydrogen-bond donors (Lipinski definition) is 2. The lowest BCUT2D eigenvalue weighted by molar-refractivity contribution is 0.235. The third kappa shape index (κ3) is 3.28. The number of H-pyrrole nitrogens is 1. The topological polar surface area (TPSA) is 56.8 Å². The van der Waals surface area contributed by atoms with Crippen molar-refractivity contribution in [3.8, 4) is 0 Å². The second-order valence-electron chi connectivity index (χ2n) is 4.21. The second kappa shape index (κ2) is 5.23. The summed E-state index contributed by atoms with van der Waals surface area (Å²) < 4.78 is 0. The Balaban J connectivity index is 1.62. The molecule has 1 aliphatic rings. The van der Waals surface area contributed by atoms with Gasteiger partial charge in [0.2, 0.25) is 0 Å². The first kappa shape index (κ1) is 10.6. The molecule has 0 spiro atoms. The molecule has 0 unspecified atom stereocenters. The molecule has 2 rings (SSSR count). The first-order valence-electron chi connectivity index (χ1n) is 5.61. The van der Waals surface area contributed by atoms with Crippen molar-refractivity contribution < 1.29 is 0 Å². The number of rotatable bonds is 4. The van der Waals surface area contributed by atoms with Gasteiger partial charge >= 0.3 is 0 Å². The summed E-state index contributed by atoms with van der Waals surface area (Å²) in [5.74, 6) is 0.968. The lowest BCUT2D eigenvalue weighted by Crippen LogP contribution is -2.41. The number of aromatic amines is 1. The van der Waals surface area contributed by atoms with Gasteiger partial charge in [-0.25, -0.2) is 4.98 Å². The van der Waals surface area contributed by atoms with Crippen LogP contribution in [0.4, 0.5) is 0 Å². The van der Waals surface area contributed by atoms with E-state index in [1.165, 1.54) is 25.9 Å². The van der Waals surface area contributed by atoms with Crippen LogP contribution < -0.4 is 5.32 Å². The largest absolute Gasteiger partial charge is 0.313 e. The van der Waals surface area contributed by atoms with Crippen LogP contribution in [-0.2, 0) is 6.42 Å². The Morgan fingerprint density at radius 1 is 1.53 bits per heavy atom. The highest BCUT2D eigenvalue weighted by molar-refractivity contribution is 4.82. The van der Waals surface area contributed by atoms with E-state index in [2.05, 4.69) is 32.4 Å². The molecule has 1 aliphatic heterocycles. The molecule has 1 aromatic rings. The van der Waals surface area contributed by atoms with E-state index in [1.54, 1.807) is 6.33 Å². The van der Waals surface area contributed by atoms with Crippen molar-refractivity contribution in [1.82, 2.24) is 25.4 Å². The van der Waals surface area contributed by atoms with E-state index >= 15 is 0 Å². The van der Waals surface area contributed by atoms with Crippen molar-refractivity contribution in [1.29, 1.82) is 0 Å². The predicted molar refractivity (Wildman–Crippen MR) is 58.6 cm³/mol. The van der Waals surface area contributed by atoms with E-state index < -0.39 is 0 Å². The summed E-state index contributed by atoms with van der Waals surface area (Å²) in [4.78, 5) is 6.48. The van der Waals surface area contributed by atoms with Crippen molar-refractivity contribution in [3.63, 3.8) is 0 Å². The third-order valence-electron chi connectivity index (χ3n) is 2.98. The van der Waals surface area contributed by atoms with E-state index in [0.29, 0.717) is 6.04 Å². The van der Waals surface area contributed by atoms with Crippen LogP contribution in [0.25, 0.3) is 0 Å². The van der Waals surface area contributed by atoms with E-state index in [0.717, 1.165) is 18.8 Å². The highest BCUT2D eigenvalue weighted by Gasteiger charge is 2.15. The highest BCUT2D eigenvalue weighted by Crippen LogP contribution is 2.07. The molecule has 0 saturated carbocycles. The summed E-state index contributed by atoms with van der Waals surface area (Å²) in [5.41, 5.74) is 0. The Kier molecular flexibility index (Phi) is 3.69. The highest BCUT2D eigenvalue weighted by atomic mass is 15.2. The van der Waals surface area contributed by atoms with Gasteiger partial charge in [0, 0.05) is 19.0 Å². The molecule has 5 nitrogen and oxygen atoms in total. The average molecular weight is 209 g/mol. The van der Waals surface area contributed by atoms with Crippen LogP contribution in [0.5, 0.6) is 0 Å². The van der Waals surface area contributed by atoms with Crippen LogP contribution in [0.2, 0.25) is 0 Å². The maximum absolute atomic E-state index is 4.10. The van der Waals surface area contributed by atoms with Crippen molar-refractivity contribution >= 4 is 0 Å². The Morgan fingerprint density at radius 3 is 3.00 bits per heavy atom. The zero-order valence-electron chi connectivity index (χ0n) is 9.24. The first-order valence-corrected chi connectivity index (χ1v) is 5.61. The number of nitrogens with one attached hydrogen (secondary N) is 2. The lowest BCUT2D eigenvalue weighted by atomic mass is 10.1. The van der Waals surface area contributed by atoms with Gasteiger partial charge in [0.15, 0.2) is 0 Å². The Hall–Kier alpha value is -0.940. The zero-order chi connectivity index (χ0) is 10.5. The maximum atomic E-state index is 4.10. The van der Waals surface area contributed by atoms with Crippen LogP contribution in [0.3, 0.4) is 0 Å². The second-order valence-corrected chi connectivity index (χ2v) is 4.21. The normalized spacial score (nSPS) is 19.5. The fraction of sp³-hybridized carbons (Fsp3) is 0.800. The monoisotopic (exact) mass is 209 g/mol. The van der Waals surface area contributed by atoms with Crippen LogP contribution in [0, 0.1) is 0 Å². The minimum absolute atomic E-state index is 0.684. The number of piperidine rings is 1. The molecular weight excluding hydrogens is 190 g/mol. The predicted octanol–water partition coefficient (Wildman–Crippen LogP) is 0.0310. The fourth-order valence-electron chi connectivity index (χ4n) is 1.96. The standard InChI is InChI=1S/C10H19N5/c1-15-6-3-9(4-7-15)11-5-2-10-12-8-13-14-10/h8-9,11H,2-7H2,1H3,(H,12,13,14). The molecule has 0 bridgehead atoms. The first-order chi connectivity index (χ1) is 7.34. The van der Waals surface area contributed by atoms with Gasteiger partial charge in [0.1, 0.15) is 12.2 Å². The lowest BCUT2D eigenvalue weighted by Gasteiger charge is -2.29. The summed E-state index contributed by atoms with van der Waals surface area (Å²) in [7, 11) is 2.19. The molecule has 2 heterocycles. The van der Waals surface area contributed by atoms with Crippen molar-refractivity contribution in [2.24, 2.45) is 0 Å². The average Bonchev–Trinajstić information content (AvgIpc) is 2.74. The van der Waals surface area contributed by atoms with Gasteiger partial charge in [-0.15, -0.1) is 0 Å². The summed E-state index contributed by atoms with van der Waals surface area (Å²) in [6.45, 7) is 3.41. The Morgan fingerprint density at radius 2 is 2.33 bits per heavy atom. The molecule has 0 atom stereocenters. The van der Waals surface area contributed by atoms with E-state index in [4.69, 9.17) is 0 Å². The van der Waals surface area contributed by atoms with Crippen LogP contribution in [0.1, 0.15) is 18.7 Å². The molecule has 1 saturated heterocycles. The Bertz CT molecular complexity index is 263. The summed E-state index contributed by atoms with van der Waals surface area (Å²) in [6.07, 6.45) is 5.01. The molecule has 1 fully saturated rings. The molecule has 1 aromatic heterocycles. The third-order valence-corrected chi connectivity index (χ3v) is 2.98. The molecule has 15 heavy (non-hydrogen) atoms. The van der Waals surface area contributed by atoms with Gasteiger partial charge in [-0.3, -0.25) is 5.10 Å². The molecule has 0 radical (unpaired) electrons. The summed E-state index contributed by atoms with van der Waals surface area (Å²) in [5, 5.41) is 10.3. The van der Waals surface area contributed by atoms with Crippen molar-refractivity contribution in [3.05, 3.63) is 12.2 Å². The van der Waals surface area contributed by atoms with Gasteiger partial charge in [0.25, 0.3) is 0 Å². The SMILES string of the molecule is CN1CCC(NCCc2ncn[nH]2)CC1. The van der Waals surface area contributed by atoms with E-state index in [-0.39, 0.29) is 0 Å². The fourth-order valence-corrected chi connectivity index (χ4v) is 1.96. The number of nitrogens with zero attached hydrogens (tertiary/aromatic N) is 3. The van der Waals surface area contributed by atoms with Gasteiger partial charge in [-0.2, -0.15) is 5.10 Å². The van der Waals surface area contributed by atoms with Gasteiger partial charge < -0.3 is 10.2 Å². The number of aromatic nitrogens is 3. The van der Waals surface area contributed by atoms with Crippen molar-refractivity contribution in [2.45, 2.75) is 25.3 Å². The smallest absolute Gasteiger partial charge is 0.137 e. The molecule has 84 valence electrons. The van der Waals surface area contributed by atoms with Crippen molar-refractivity contribution in [2.75, 3.05) is 26.7 Å². The molecular formula is C10H19N5. The van der Waals surface area contributed by atoms with Gasteiger partial charge in [0.05, 0.1) is 0 Å². The van der Waals surface area contributed by atoms with Gasteiger partial charge in [-0.05, 0) is 33.0 Å². The quantitative estimate of drug-likeness (QED) is 0.734. The number of hydrogen-bond acceptors (Lipinski definition) is 4. The zero-order valence-corrected chi connectivity index (χ0v) is 9.24. The van der Waals surface area contributed by atoms with Crippen LogP contribution in [-0.4, -0.2) is 52.8 Å². The van der Waals surface area contributed by atoms with Gasteiger partial charge in [-0.1, -0.05) is 0 Å².